The number of oxime groups is 1. The van der Waals surface area contributed by atoms with Gasteiger partial charge >= 0.3 is 5.97 Å². The van der Waals surface area contributed by atoms with E-state index in [1.54, 1.807) is 6.08 Å². The van der Waals surface area contributed by atoms with Crippen molar-refractivity contribution in [3.8, 4) is 11.5 Å². The van der Waals surface area contributed by atoms with E-state index in [0.717, 1.165) is 22.1 Å². The summed E-state index contributed by atoms with van der Waals surface area (Å²) >= 11 is 0. The number of carbonyl (C=O) groups excluding carboxylic acids is 1. The first-order valence-corrected chi connectivity index (χ1v) is 11.2. The van der Waals surface area contributed by atoms with E-state index in [0.29, 0.717) is 36.0 Å². The fourth-order valence-corrected chi connectivity index (χ4v) is 3.96. The molecule has 4 aromatic rings. The number of carbonyl (C=O) groups is 1. The highest BCUT2D eigenvalue weighted by molar-refractivity contribution is 6.31. The van der Waals surface area contributed by atoms with Gasteiger partial charge in [0.1, 0.15) is 12.3 Å². The predicted molar refractivity (Wildman–Crippen MR) is 133 cm³/mol. The van der Waals surface area contributed by atoms with Crippen LogP contribution >= 0.6 is 0 Å². The average molecular weight is 450 g/mol. The molecule has 168 valence electrons. The molecule has 0 spiro atoms. The van der Waals surface area contributed by atoms with Crippen LogP contribution in [0.5, 0.6) is 11.5 Å². The van der Waals surface area contributed by atoms with Crippen LogP contribution in [0.15, 0.2) is 102 Å². The Bertz CT molecular complexity index is 1400. The molecule has 5 nitrogen and oxygen atoms in total. The minimum absolute atomic E-state index is 0.401. The Morgan fingerprint density at radius 2 is 1.65 bits per heavy atom. The van der Waals surface area contributed by atoms with Crippen LogP contribution in [0.4, 0.5) is 0 Å². The molecule has 0 aromatic heterocycles. The van der Waals surface area contributed by atoms with E-state index in [4.69, 9.17) is 14.3 Å². The van der Waals surface area contributed by atoms with Crippen molar-refractivity contribution < 1.29 is 19.1 Å². The first kappa shape index (κ1) is 21.5. The minimum atomic E-state index is -0.479. The number of rotatable bonds is 7. The third-order valence-electron chi connectivity index (χ3n) is 5.58. The molecule has 0 radical (unpaired) electrons. The van der Waals surface area contributed by atoms with Gasteiger partial charge in [-0.2, -0.15) is 0 Å². The lowest BCUT2D eigenvalue weighted by atomic mass is 10.0. The fraction of sp³-hybridized carbons (Fsp3) is 0.103. The fourth-order valence-electron chi connectivity index (χ4n) is 3.96. The lowest BCUT2D eigenvalue weighted by Gasteiger charge is -2.14. The van der Waals surface area contributed by atoms with Crippen LogP contribution in [0.2, 0.25) is 0 Å². The molecule has 0 bridgehead atoms. The Balaban J connectivity index is 1.42. The summed E-state index contributed by atoms with van der Waals surface area (Å²) in [5, 5.41) is 6.31. The van der Waals surface area contributed by atoms with Crippen molar-refractivity contribution in [1.82, 2.24) is 0 Å². The topological polar surface area (TPSA) is 57.1 Å². The largest absolute Gasteiger partial charge is 0.490 e. The van der Waals surface area contributed by atoms with E-state index in [9.17, 15) is 4.79 Å². The van der Waals surface area contributed by atoms with Crippen molar-refractivity contribution in [3.63, 3.8) is 0 Å². The number of nitrogens with zero attached hydrogens (tertiary/aromatic N) is 1. The van der Waals surface area contributed by atoms with Crippen molar-refractivity contribution >= 4 is 28.5 Å². The molecule has 4 aromatic carbocycles. The zero-order chi connectivity index (χ0) is 23.3. The van der Waals surface area contributed by atoms with E-state index in [-0.39, 0.29) is 0 Å². The summed E-state index contributed by atoms with van der Waals surface area (Å²) in [6, 6.07) is 29.5. The van der Waals surface area contributed by atoms with Gasteiger partial charge in [-0.3, -0.25) is 0 Å². The van der Waals surface area contributed by atoms with Gasteiger partial charge in [0.05, 0.1) is 12.2 Å². The van der Waals surface area contributed by atoms with Gasteiger partial charge in [-0.15, -0.1) is 0 Å². The molecule has 0 N–H and O–H groups in total. The normalized spacial score (nSPS) is 14.2. The molecular weight excluding hydrogens is 426 g/mol. The third kappa shape index (κ3) is 4.41. The Hall–Kier alpha value is -4.38. The molecular formula is C29H23NO4. The molecule has 0 fully saturated rings. The lowest BCUT2D eigenvalue weighted by Crippen LogP contribution is -2.06. The monoisotopic (exact) mass is 449 g/mol. The third-order valence-corrected chi connectivity index (χ3v) is 5.58. The van der Waals surface area contributed by atoms with Crippen LogP contribution in [0.1, 0.15) is 23.6 Å². The second-order valence-electron chi connectivity index (χ2n) is 7.81. The van der Waals surface area contributed by atoms with Gasteiger partial charge in [-0.1, -0.05) is 84.0 Å². The summed E-state index contributed by atoms with van der Waals surface area (Å²) in [5.74, 6) is 0.776. The van der Waals surface area contributed by atoms with Crippen LogP contribution in [0.3, 0.4) is 0 Å². The van der Waals surface area contributed by atoms with Crippen LogP contribution < -0.4 is 9.47 Å². The molecule has 0 saturated carbocycles. The van der Waals surface area contributed by atoms with Gasteiger partial charge in [0.15, 0.2) is 11.5 Å². The maximum atomic E-state index is 12.3. The standard InChI is InChI=1S/C29H23NO4/c1-2-32-27-18-20(17-25-28(30-34-29(25)31)22-10-4-3-5-11-22)15-16-26(27)33-19-23-13-8-12-21-9-6-7-14-24(21)23/h3-18H,2,19H2,1H3/b25-17-. The molecule has 34 heavy (non-hydrogen) atoms. The molecule has 5 heteroatoms. The molecule has 0 atom stereocenters. The van der Waals surface area contributed by atoms with E-state index >= 15 is 0 Å². The Labute approximate surface area is 197 Å². The van der Waals surface area contributed by atoms with E-state index in [1.165, 1.54) is 5.39 Å². The highest BCUT2D eigenvalue weighted by atomic mass is 16.7. The average Bonchev–Trinajstić information content (AvgIpc) is 3.24. The highest BCUT2D eigenvalue weighted by Crippen LogP contribution is 2.32. The maximum absolute atomic E-state index is 12.3. The molecule has 5 rings (SSSR count). The zero-order valence-electron chi connectivity index (χ0n) is 18.7. The predicted octanol–water partition coefficient (Wildman–Crippen LogP) is 6.16. The zero-order valence-corrected chi connectivity index (χ0v) is 18.7. The molecule has 0 aliphatic carbocycles. The number of hydrogen-bond donors (Lipinski definition) is 0. The number of benzene rings is 4. The Morgan fingerprint density at radius 1 is 0.853 bits per heavy atom. The molecule has 1 heterocycles. The number of fused-ring (bicyclic) bond motifs is 1. The molecule has 0 unspecified atom stereocenters. The lowest BCUT2D eigenvalue weighted by molar-refractivity contribution is -0.136. The molecule has 0 amide bonds. The number of ether oxygens (including phenoxy) is 2. The van der Waals surface area contributed by atoms with Gasteiger partial charge in [-0.25, -0.2) is 4.79 Å². The summed E-state index contributed by atoms with van der Waals surface area (Å²) in [7, 11) is 0. The second-order valence-corrected chi connectivity index (χ2v) is 7.81. The summed E-state index contributed by atoms with van der Waals surface area (Å²) in [4.78, 5) is 17.3. The van der Waals surface area contributed by atoms with Gasteiger partial charge in [0, 0.05) is 5.56 Å². The van der Waals surface area contributed by atoms with Crippen molar-refractivity contribution in [2.24, 2.45) is 5.16 Å². The molecule has 1 aliphatic heterocycles. The highest BCUT2D eigenvalue weighted by Gasteiger charge is 2.26. The van der Waals surface area contributed by atoms with Gasteiger partial charge in [-0.05, 0) is 47.0 Å². The second kappa shape index (κ2) is 9.63. The molecule has 1 aliphatic rings. The quantitative estimate of drug-likeness (QED) is 0.250. The Kier molecular flexibility index (Phi) is 6.08. The SMILES string of the molecule is CCOc1cc(/C=C2\C(=O)ON=C2c2ccccc2)ccc1OCc1cccc2ccccc12. The first-order chi connectivity index (χ1) is 16.7. The summed E-state index contributed by atoms with van der Waals surface area (Å²) in [6.07, 6.45) is 1.76. The molecule has 0 saturated heterocycles. The Morgan fingerprint density at radius 3 is 2.50 bits per heavy atom. The summed E-state index contributed by atoms with van der Waals surface area (Å²) < 4.78 is 12.0. The number of hydrogen-bond acceptors (Lipinski definition) is 5. The van der Waals surface area contributed by atoms with Crippen molar-refractivity contribution in [2.45, 2.75) is 13.5 Å². The van der Waals surface area contributed by atoms with Crippen LogP contribution in [-0.4, -0.2) is 18.3 Å². The summed E-state index contributed by atoms with van der Waals surface area (Å²) in [6.45, 7) is 2.83. The van der Waals surface area contributed by atoms with Crippen LogP contribution in [0.25, 0.3) is 16.8 Å². The maximum Gasteiger partial charge on any atom is 0.368 e. The van der Waals surface area contributed by atoms with E-state index in [2.05, 4.69) is 29.4 Å². The van der Waals surface area contributed by atoms with E-state index < -0.39 is 5.97 Å². The van der Waals surface area contributed by atoms with Gasteiger partial charge in [0.25, 0.3) is 0 Å². The smallest absolute Gasteiger partial charge is 0.368 e. The van der Waals surface area contributed by atoms with Crippen LogP contribution in [0, 0.1) is 0 Å². The van der Waals surface area contributed by atoms with Crippen LogP contribution in [-0.2, 0) is 16.2 Å². The summed E-state index contributed by atoms with van der Waals surface area (Å²) in [5.41, 5.74) is 3.63. The van der Waals surface area contributed by atoms with Gasteiger partial charge in [0.2, 0.25) is 0 Å². The van der Waals surface area contributed by atoms with E-state index in [1.807, 2.05) is 73.7 Å². The van der Waals surface area contributed by atoms with Crippen molar-refractivity contribution in [2.75, 3.05) is 6.61 Å². The first-order valence-electron chi connectivity index (χ1n) is 11.2. The van der Waals surface area contributed by atoms with Gasteiger partial charge < -0.3 is 14.3 Å². The van der Waals surface area contributed by atoms with Crippen molar-refractivity contribution in [1.29, 1.82) is 0 Å². The minimum Gasteiger partial charge on any atom is -0.490 e. The van der Waals surface area contributed by atoms with Crippen molar-refractivity contribution in [3.05, 3.63) is 113 Å².